The van der Waals surface area contributed by atoms with E-state index in [0.29, 0.717) is 24.8 Å². The fraction of sp³-hybridized carbons (Fsp3) is 0.692. The number of hydrogen-bond acceptors (Lipinski definition) is 6. The van der Waals surface area contributed by atoms with Crippen LogP contribution in [-0.2, 0) is 0 Å². The highest BCUT2D eigenvalue weighted by Crippen LogP contribution is 2.14. The van der Waals surface area contributed by atoms with Gasteiger partial charge in [0.1, 0.15) is 12.1 Å². The van der Waals surface area contributed by atoms with Crippen LogP contribution in [0.1, 0.15) is 20.8 Å². The van der Waals surface area contributed by atoms with Crippen molar-refractivity contribution in [3.63, 3.8) is 0 Å². The van der Waals surface area contributed by atoms with E-state index in [1.807, 2.05) is 32.8 Å². The van der Waals surface area contributed by atoms with Crippen molar-refractivity contribution in [2.24, 2.45) is 0 Å². The quantitative estimate of drug-likeness (QED) is 0.768. The maximum Gasteiger partial charge on any atom is 0.218 e. The number of anilines is 1. The summed E-state index contributed by atoms with van der Waals surface area (Å²) in [4.78, 5) is 10.1. The normalized spacial score (nSPS) is 14.5. The molecule has 1 unspecified atom stereocenters. The second-order valence-corrected chi connectivity index (χ2v) is 5.50. The Bertz CT molecular complexity index is 394. The van der Waals surface area contributed by atoms with Gasteiger partial charge in [0, 0.05) is 19.2 Å². The Morgan fingerprint density at radius 2 is 2.11 bits per heavy atom. The monoisotopic (exact) mass is 268 g/mol. The smallest absolute Gasteiger partial charge is 0.218 e. The van der Waals surface area contributed by atoms with Gasteiger partial charge in [0.25, 0.3) is 0 Å². The van der Waals surface area contributed by atoms with E-state index in [2.05, 4.69) is 15.3 Å². The zero-order valence-corrected chi connectivity index (χ0v) is 12.3. The predicted molar refractivity (Wildman–Crippen MR) is 75.5 cm³/mol. The van der Waals surface area contributed by atoms with Crippen LogP contribution in [0.25, 0.3) is 0 Å². The molecule has 0 aliphatic heterocycles. The molecule has 0 fully saturated rings. The molecule has 1 rings (SSSR count). The van der Waals surface area contributed by atoms with Gasteiger partial charge in [-0.25, -0.2) is 9.97 Å². The Balaban J connectivity index is 2.57. The first-order valence-electron chi connectivity index (χ1n) is 6.38. The van der Waals surface area contributed by atoms with Crippen molar-refractivity contribution in [2.45, 2.75) is 32.5 Å². The molecule has 1 atom stereocenters. The standard InChI is InChI=1S/C13H24N4O2/c1-10(2)19-12-6-11(15-9-16-12)14-7-13(3,18)8-17(4)5/h6,9-10,18H,7-8H2,1-5H3,(H,14,15,16). The molecular weight excluding hydrogens is 244 g/mol. The Labute approximate surface area is 114 Å². The van der Waals surface area contributed by atoms with Gasteiger partial charge in [-0.1, -0.05) is 0 Å². The van der Waals surface area contributed by atoms with Crippen LogP contribution in [0, 0.1) is 0 Å². The minimum atomic E-state index is -0.826. The first-order chi connectivity index (χ1) is 8.78. The van der Waals surface area contributed by atoms with E-state index in [0.717, 1.165) is 0 Å². The highest BCUT2D eigenvalue weighted by atomic mass is 16.5. The van der Waals surface area contributed by atoms with Gasteiger partial charge in [0.15, 0.2) is 0 Å². The van der Waals surface area contributed by atoms with Crippen molar-refractivity contribution >= 4 is 5.82 Å². The number of aromatic nitrogens is 2. The maximum atomic E-state index is 10.2. The summed E-state index contributed by atoms with van der Waals surface area (Å²) in [5.41, 5.74) is -0.826. The SMILES string of the molecule is CC(C)Oc1cc(NCC(C)(O)CN(C)C)ncn1. The average molecular weight is 268 g/mol. The molecule has 2 N–H and O–H groups in total. The molecule has 6 heteroatoms. The van der Waals surface area contributed by atoms with Crippen molar-refractivity contribution in [3.05, 3.63) is 12.4 Å². The number of likely N-dealkylation sites (N-methyl/N-ethyl adjacent to an activating group) is 1. The molecule has 0 bridgehead atoms. The zero-order chi connectivity index (χ0) is 14.5. The topological polar surface area (TPSA) is 70.5 Å². The molecule has 0 amide bonds. The number of nitrogens with one attached hydrogen (secondary N) is 1. The molecule has 0 saturated heterocycles. The molecule has 1 aromatic rings. The molecule has 19 heavy (non-hydrogen) atoms. The minimum absolute atomic E-state index is 0.0691. The molecule has 0 saturated carbocycles. The summed E-state index contributed by atoms with van der Waals surface area (Å²) < 4.78 is 5.49. The van der Waals surface area contributed by atoms with Crippen LogP contribution >= 0.6 is 0 Å². The number of ether oxygens (including phenoxy) is 1. The van der Waals surface area contributed by atoms with Crippen molar-refractivity contribution < 1.29 is 9.84 Å². The van der Waals surface area contributed by atoms with Crippen molar-refractivity contribution in [1.82, 2.24) is 14.9 Å². The van der Waals surface area contributed by atoms with E-state index in [1.54, 1.807) is 13.0 Å². The van der Waals surface area contributed by atoms with Gasteiger partial charge in [-0.2, -0.15) is 0 Å². The highest BCUT2D eigenvalue weighted by Gasteiger charge is 2.21. The largest absolute Gasteiger partial charge is 0.475 e. The molecule has 6 nitrogen and oxygen atoms in total. The van der Waals surface area contributed by atoms with Crippen LogP contribution in [0.3, 0.4) is 0 Å². The van der Waals surface area contributed by atoms with Gasteiger partial charge in [-0.05, 0) is 34.9 Å². The minimum Gasteiger partial charge on any atom is -0.475 e. The van der Waals surface area contributed by atoms with Crippen LogP contribution < -0.4 is 10.1 Å². The summed E-state index contributed by atoms with van der Waals surface area (Å²) in [5.74, 6) is 1.17. The molecule has 0 spiro atoms. The van der Waals surface area contributed by atoms with E-state index in [-0.39, 0.29) is 6.10 Å². The van der Waals surface area contributed by atoms with Crippen LogP contribution in [-0.4, -0.2) is 58.9 Å². The lowest BCUT2D eigenvalue weighted by molar-refractivity contribution is 0.0459. The molecule has 108 valence electrons. The number of hydrogen-bond donors (Lipinski definition) is 2. The van der Waals surface area contributed by atoms with Crippen molar-refractivity contribution in [1.29, 1.82) is 0 Å². The van der Waals surface area contributed by atoms with E-state index >= 15 is 0 Å². The molecule has 0 aliphatic carbocycles. The molecule has 1 heterocycles. The van der Waals surface area contributed by atoms with Crippen molar-refractivity contribution in [3.8, 4) is 5.88 Å². The Morgan fingerprint density at radius 1 is 1.42 bits per heavy atom. The van der Waals surface area contributed by atoms with E-state index in [1.165, 1.54) is 6.33 Å². The van der Waals surface area contributed by atoms with Crippen LogP contribution in [0.15, 0.2) is 12.4 Å². The summed E-state index contributed by atoms with van der Waals surface area (Å²) in [5, 5.41) is 13.3. The van der Waals surface area contributed by atoms with Crippen LogP contribution in [0.5, 0.6) is 5.88 Å². The zero-order valence-electron chi connectivity index (χ0n) is 12.3. The third kappa shape index (κ3) is 6.35. The van der Waals surface area contributed by atoms with Gasteiger partial charge in [-0.3, -0.25) is 0 Å². The van der Waals surface area contributed by atoms with Crippen LogP contribution in [0.4, 0.5) is 5.82 Å². The van der Waals surface area contributed by atoms with Crippen LogP contribution in [0.2, 0.25) is 0 Å². The van der Waals surface area contributed by atoms with Gasteiger partial charge in [0.05, 0.1) is 11.7 Å². The first kappa shape index (κ1) is 15.7. The highest BCUT2D eigenvalue weighted by molar-refractivity contribution is 5.37. The summed E-state index contributed by atoms with van der Waals surface area (Å²) in [6, 6.07) is 1.73. The van der Waals surface area contributed by atoms with Gasteiger partial charge >= 0.3 is 0 Å². The molecular formula is C13H24N4O2. The fourth-order valence-corrected chi connectivity index (χ4v) is 1.76. The summed E-state index contributed by atoms with van der Waals surface area (Å²) in [6.45, 7) is 6.64. The lowest BCUT2D eigenvalue weighted by atomic mass is 10.1. The molecule has 1 aromatic heterocycles. The summed E-state index contributed by atoms with van der Waals surface area (Å²) in [7, 11) is 3.85. The first-order valence-corrected chi connectivity index (χ1v) is 6.38. The summed E-state index contributed by atoms with van der Waals surface area (Å²) >= 11 is 0. The van der Waals surface area contributed by atoms with Crippen molar-refractivity contribution in [2.75, 3.05) is 32.5 Å². The Hall–Kier alpha value is -1.40. The lowest BCUT2D eigenvalue weighted by Crippen LogP contribution is -2.43. The molecule has 0 aromatic carbocycles. The second kappa shape index (κ2) is 6.68. The predicted octanol–water partition coefficient (Wildman–Crippen LogP) is 0.988. The van der Waals surface area contributed by atoms with Gasteiger partial charge < -0.3 is 20.1 Å². The maximum absolute atomic E-state index is 10.2. The lowest BCUT2D eigenvalue weighted by Gasteiger charge is -2.27. The second-order valence-electron chi connectivity index (χ2n) is 5.50. The number of aliphatic hydroxyl groups is 1. The Morgan fingerprint density at radius 3 is 2.68 bits per heavy atom. The van der Waals surface area contributed by atoms with E-state index in [4.69, 9.17) is 4.74 Å². The van der Waals surface area contributed by atoms with E-state index < -0.39 is 5.60 Å². The summed E-state index contributed by atoms with van der Waals surface area (Å²) in [6.07, 6.45) is 1.51. The average Bonchev–Trinajstić information content (AvgIpc) is 2.24. The van der Waals surface area contributed by atoms with E-state index in [9.17, 15) is 5.11 Å². The molecule has 0 radical (unpaired) electrons. The number of rotatable bonds is 7. The Kier molecular flexibility index (Phi) is 5.50. The third-order valence-electron chi connectivity index (χ3n) is 2.31. The fourth-order valence-electron chi connectivity index (χ4n) is 1.76. The van der Waals surface area contributed by atoms with Gasteiger partial charge in [0.2, 0.25) is 5.88 Å². The molecule has 0 aliphatic rings. The van der Waals surface area contributed by atoms with Gasteiger partial charge in [-0.15, -0.1) is 0 Å². The third-order valence-corrected chi connectivity index (χ3v) is 2.31. The number of nitrogens with zero attached hydrogens (tertiary/aromatic N) is 3.